The molecule has 0 saturated carbocycles. The first-order valence-electron chi connectivity index (χ1n) is 8.41. The predicted molar refractivity (Wildman–Crippen MR) is 95.8 cm³/mol. The highest BCUT2D eigenvalue weighted by atomic mass is 32.1. The fourth-order valence-electron chi connectivity index (χ4n) is 3.40. The first-order chi connectivity index (χ1) is 12.8. The fraction of sp³-hybridized carbons (Fsp3) is 0.222. The lowest BCUT2D eigenvalue weighted by Crippen LogP contribution is -2.31. The van der Waals surface area contributed by atoms with Gasteiger partial charge < -0.3 is 9.32 Å². The Bertz CT molecular complexity index is 1070. The highest BCUT2D eigenvalue weighted by Gasteiger charge is 2.34. The third-order valence-electron chi connectivity index (χ3n) is 4.61. The predicted octanol–water partition coefficient (Wildman–Crippen LogP) is 3.42. The van der Waals surface area contributed by atoms with Crippen LogP contribution in [0, 0.1) is 0 Å². The lowest BCUT2D eigenvalue weighted by Gasteiger charge is -2.22. The van der Waals surface area contributed by atoms with Crippen molar-refractivity contribution in [1.29, 1.82) is 0 Å². The number of carbonyl (C=O) groups is 1. The molecule has 1 fully saturated rings. The van der Waals surface area contributed by atoms with E-state index in [4.69, 9.17) is 4.42 Å². The fourth-order valence-corrected chi connectivity index (χ4v) is 4.16. The topological polar surface area (TPSA) is 76.5 Å². The molecule has 4 aromatic heterocycles. The van der Waals surface area contributed by atoms with Crippen LogP contribution >= 0.6 is 11.3 Å². The van der Waals surface area contributed by atoms with Crippen molar-refractivity contribution in [2.75, 3.05) is 6.54 Å². The lowest BCUT2D eigenvalue weighted by molar-refractivity contribution is 0.0724. The third kappa shape index (κ3) is 2.41. The average Bonchev–Trinajstić information content (AvgIpc) is 3.47. The summed E-state index contributed by atoms with van der Waals surface area (Å²) in [6, 6.07) is 9.34. The average molecular weight is 365 g/mol. The molecule has 0 N–H and O–H groups in total. The maximum Gasteiger partial charge on any atom is 0.273 e. The zero-order valence-electron chi connectivity index (χ0n) is 13.8. The molecule has 1 unspecified atom stereocenters. The van der Waals surface area contributed by atoms with E-state index in [1.54, 1.807) is 11.6 Å². The van der Waals surface area contributed by atoms with E-state index in [9.17, 15) is 4.79 Å². The van der Waals surface area contributed by atoms with Crippen molar-refractivity contribution in [2.45, 2.75) is 18.9 Å². The summed E-state index contributed by atoms with van der Waals surface area (Å²) in [5, 5.41) is 11.1. The van der Waals surface area contributed by atoms with Crippen molar-refractivity contribution in [2.24, 2.45) is 0 Å². The van der Waals surface area contributed by atoms with Crippen LogP contribution in [0.3, 0.4) is 0 Å². The number of thiazole rings is 1. The van der Waals surface area contributed by atoms with Gasteiger partial charge in [0.2, 0.25) is 0 Å². The van der Waals surface area contributed by atoms with E-state index in [0.29, 0.717) is 23.0 Å². The maximum absolute atomic E-state index is 13.1. The van der Waals surface area contributed by atoms with Crippen LogP contribution in [0.1, 0.15) is 35.2 Å². The van der Waals surface area contributed by atoms with Gasteiger partial charge in [0, 0.05) is 18.1 Å². The van der Waals surface area contributed by atoms with Crippen molar-refractivity contribution < 1.29 is 9.21 Å². The number of nitrogens with zero attached hydrogens (tertiary/aromatic N) is 5. The largest absolute Gasteiger partial charge is 0.462 e. The number of pyridine rings is 1. The van der Waals surface area contributed by atoms with E-state index in [1.165, 1.54) is 11.3 Å². The van der Waals surface area contributed by atoms with Crippen LogP contribution < -0.4 is 0 Å². The highest BCUT2D eigenvalue weighted by Crippen LogP contribution is 2.33. The number of amides is 1. The molecule has 1 aliphatic heterocycles. The number of likely N-dealkylation sites (tertiary alicyclic amines) is 1. The van der Waals surface area contributed by atoms with Crippen LogP contribution in [0.25, 0.3) is 16.4 Å². The molecular weight excluding hydrogens is 350 g/mol. The summed E-state index contributed by atoms with van der Waals surface area (Å²) in [6.45, 7) is 0.693. The Kier molecular flexibility index (Phi) is 3.56. The molecule has 4 aromatic rings. The van der Waals surface area contributed by atoms with Gasteiger partial charge in [-0.15, -0.1) is 21.5 Å². The monoisotopic (exact) mass is 365 g/mol. The Labute approximate surface area is 152 Å². The zero-order chi connectivity index (χ0) is 17.5. The van der Waals surface area contributed by atoms with Gasteiger partial charge in [-0.25, -0.2) is 4.98 Å². The summed E-state index contributed by atoms with van der Waals surface area (Å²) in [5.74, 6) is 1.40. The Morgan fingerprint density at radius 1 is 1.23 bits per heavy atom. The van der Waals surface area contributed by atoms with Crippen LogP contribution in [-0.4, -0.2) is 36.9 Å². The second-order valence-corrected chi connectivity index (χ2v) is 7.02. The van der Waals surface area contributed by atoms with E-state index in [-0.39, 0.29) is 11.9 Å². The van der Waals surface area contributed by atoms with Gasteiger partial charge in [-0.2, -0.15) is 0 Å². The minimum Gasteiger partial charge on any atom is -0.462 e. The van der Waals surface area contributed by atoms with E-state index < -0.39 is 0 Å². The van der Waals surface area contributed by atoms with Crippen molar-refractivity contribution >= 4 is 22.9 Å². The van der Waals surface area contributed by atoms with Gasteiger partial charge in [0.1, 0.15) is 5.69 Å². The van der Waals surface area contributed by atoms with Crippen molar-refractivity contribution in [3.63, 3.8) is 0 Å². The van der Waals surface area contributed by atoms with Gasteiger partial charge in [-0.3, -0.25) is 9.20 Å². The number of rotatable bonds is 3. The molecule has 0 radical (unpaired) electrons. The number of furan rings is 1. The Morgan fingerprint density at radius 3 is 3.08 bits per heavy atom. The van der Waals surface area contributed by atoms with Gasteiger partial charge in [-0.05, 0) is 37.1 Å². The molecule has 0 aliphatic carbocycles. The van der Waals surface area contributed by atoms with Crippen LogP contribution in [0.4, 0.5) is 0 Å². The highest BCUT2D eigenvalue weighted by molar-refractivity contribution is 7.13. The summed E-state index contributed by atoms with van der Waals surface area (Å²) in [6.07, 6.45) is 5.35. The van der Waals surface area contributed by atoms with Gasteiger partial charge in [0.05, 0.1) is 12.3 Å². The third-order valence-corrected chi connectivity index (χ3v) is 5.46. The molecule has 7 nitrogen and oxygen atoms in total. The van der Waals surface area contributed by atoms with Gasteiger partial charge in [-0.1, -0.05) is 6.07 Å². The smallest absolute Gasteiger partial charge is 0.273 e. The summed E-state index contributed by atoms with van der Waals surface area (Å²) in [7, 11) is 0. The quantitative estimate of drug-likeness (QED) is 0.556. The van der Waals surface area contributed by atoms with Gasteiger partial charge in [0.25, 0.3) is 5.91 Å². The molecule has 0 aromatic carbocycles. The van der Waals surface area contributed by atoms with Gasteiger partial charge in [0.15, 0.2) is 22.2 Å². The molecule has 1 aliphatic rings. The lowest BCUT2D eigenvalue weighted by atomic mass is 10.2. The number of hydrogen-bond acceptors (Lipinski definition) is 6. The molecule has 5 heterocycles. The summed E-state index contributed by atoms with van der Waals surface area (Å²) >= 11 is 1.41. The molecule has 5 rings (SSSR count). The minimum atomic E-state index is -0.0892. The molecule has 1 atom stereocenters. The second-order valence-electron chi connectivity index (χ2n) is 6.16. The SMILES string of the molecule is O=C(c1csc(-c2ccco2)n1)N1CCCC1c1nnc2ccccn12. The van der Waals surface area contributed by atoms with Crippen LogP contribution in [0.2, 0.25) is 0 Å². The van der Waals surface area contributed by atoms with Crippen molar-refractivity contribution in [1.82, 2.24) is 24.5 Å². The molecule has 8 heteroatoms. The molecule has 0 bridgehead atoms. The maximum atomic E-state index is 13.1. The molecule has 26 heavy (non-hydrogen) atoms. The second kappa shape index (κ2) is 6.06. The Balaban J connectivity index is 1.46. The first kappa shape index (κ1) is 15.3. The molecule has 0 spiro atoms. The van der Waals surface area contributed by atoms with E-state index in [2.05, 4.69) is 15.2 Å². The van der Waals surface area contributed by atoms with Gasteiger partial charge >= 0.3 is 0 Å². The molecular formula is C18H15N5O2S. The molecule has 130 valence electrons. The van der Waals surface area contributed by atoms with E-state index in [0.717, 1.165) is 24.3 Å². The zero-order valence-corrected chi connectivity index (χ0v) is 14.6. The number of aromatic nitrogens is 4. The number of carbonyl (C=O) groups excluding carboxylic acids is 1. The van der Waals surface area contributed by atoms with Crippen molar-refractivity contribution in [3.8, 4) is 10.8 Å². The summed E-state index contributed by atoms with van der Waals surface area (Å²) in [5.41, 5.74) is 1.23. The summed E-state index contributed by atoms with van der Waals surface area (Å²) in [4.78, 5) is 19.4. The molecule has 1 saturated heterocycles. The number of fused-ring (bicyclic) bond motifs is 1. The Morgan fingerprint density at radius 2 is 2.19 bits per heavy atom. The first-order valence-corrected chi connectivity index (χ1v) is 9.29. The van der Waals surface area contributed by atoms with Crippen molar-refractivity contribution in [3.05, 3.63) is 59.7 Å². The van der Waals surface area contributed by atoms with E-state index >= 15 is 0 Å². The van der Waals surface area contributed by atoms with Crippen LogP contribution in [0.5, 0.6) is 0 Å². The van der Waals surface area contributed by atoms with Crippen LogP contribution in [-0.2, 0) is 0 Å². The normalized spacial score (nSPS) is 17.2. The Hall–Kier alpha value is -3.00. The number of hydrogen-bond donors (Lipinski definition) is 0. The minimum absolute atomic E-state index is 0.0748. The van der Waals surface area contributed by atoms with Crippen LogP contribution in [0.15, 0.2) is 52.6 Å². The summed E-state index contributed by atoms with van der Waals surface area (Å²) < 4.78 is 7.32. The van der Waals surface area contributed by atoms with E-state index in [1.807, 2.05) is 45.8 Å². The standard InChI is InChI=1S/C18H15N5O2S/c24-18(12-11-26-17(19-12)14-6-4-10-25-14)22-9-3-5-13(22)16-21-20-15-7-1-2-8-23(15)16/h1-2,4,6-8,10-11,13H,3,5,9H2. The molecule has 1 amide bonds.